The van der Waals surface area contributed by atoms with Crippen LogP contribution in [0.1, 0.15) is 239 Å². The quantitative estimate of drug-likeness (QED) is 0.0265. The zero-order valence-corrected chi connectivity index (χ0v) is 37.6. The van der Waals surface area contributed by atoms with Gasteiger partial charge in [0.1, 0.15) is 13.2 Å². The standard InChI is InChI=1S/C51H90O6/c1-4-7-10-13-16-19-22-25-28-31-34-37-40-43-49(52)55-46-48(57-51(54)45-42-39-36-33-30-27-24-21-18-15-12-9-6-3)47-56-50(53)44-41-38-35-32-29-26-23-20-17-14-11-8-5-2/h10,13,19-24,48H,4-9,11-12,14-18,25-47H2,1-3H3/b13-10-,22-19-,23-20-,24-21-. The lowest BCUT2D eigenvalue weighted by Gasteiger charge is -2.18. The summed E-state index contributed by atoms with van der Waals surface area (Å²) in [6.45, 7) is 6.51. The number of hydrogen-bond acceptors (Lipinski definition) is 6. The molecule has 0 heterocycles. The first-order valence-electron chi connectivity index (χ1n) is 24.1. The van der Waals surface area contributed by atoms with Gasteiger partial charge in [0, 0.05) is 19.3 Å². The molecule has 0 fully saturated rings. The highest BCUT2D eigenvalue weighted by Crippen LogP contribution is 2.13. The topological polar surface area (TPSA) is 78.9 Å². The molecule has 0 spiro atoms. The third kappa shape index (κ3) is 44.3. The molecule has 0 aromatic carbocycles. The molecule has 57 heavy (non-hydrogen) atoms. The highest BCUT2D eigenvalue weighted by atomic mass is 16.6. The van der Waals surface area contributed by atoms with Crippen molar-refractivity contribution in [3.05, 3.63) is 48.6 Å². The maximum Gasteiger partial charge on any atom is 0.306 e. The molecule has 1 unspecified atom stereocenters. The van der Waals surface area contributed by atoms with E-state index in [-0.39, 0.29) is 31.1 Å². The third-order valence-electron chi connectivity index (χ3n) is 10.3. The molecular formula is C51H90O6. The Kier molecular flexibility index (Phi) is 43.9. The summed E-state index contributed by atoms with van der Waals surface area (Å²) in [5.74, 6) is -0.915. The van der Waals surface area contributed by atoms with Crippen LogP contribution in [-0.2, 0) is 28.6 Å². The highest BCUT2D eigenvalue weighted by molar-refractivity contribution is 5.71. The van der Waals surface area contributed by atoms with E-state index in [1.54, 1.807) is 0 Å². The minimum atomic E-state index is -0.783. The Bertz CT molecular complexity index is 1010. The lowest BCUT2D eigenvalue weighted by atomic mass is 10.1. The van der Waals surface area contributed by atoms with E-state index in [9.17, 15) is 14.4 Å². The van der Waals surface area contributed by atoms with Gasteiger partial charge in [0.05, 0.1) is 0 Å². The molecule has 0 bridgehead atoms. The molecule has 0 rings (SSSR count). The minimum Gasteiger partial charge on any atom is -0.462 e. The van der Waals surface area contributed by atoms with Crippen molar-refractivity contribution in [2.24, 2.45) is 0 Å². The molecule has 330 valence electrons. The summed E-state index contributed by atoms with van der Waals surface area (Å²) in [7, 11) is 0. The van der Waals surface area contributed by atoms with Crippen molar-refractivity contribution in [2.45, 2.75) is 245 Å². The molecule has 0 radical (unpaired) electrons. The normalized spacial score (nSPS) is 12.4. The molecule has 1 atom stereocenters. The molecule has 0 aliphatic rings. The molecule has 0 aromatic rings. The van der Waals surface area contributed by atoms with Gasteiger partial charge in [0.2, 0.25) is 0 Å². The fourth-order valence-electron chi connectivity index (χ4n) is 6.59. The van der Waals surface area contributed by atoms with Crippen LogP contribution in [0.25, 0.3) is 0 Å². The second-order valence-electron chi connectivity index (χ2n) is 16.0. The van der Waals surface area contributed by atoms with Crippen molar-refractivity contribution in [2.75, 3.05) is 13.2 Å². The van der Waals surface area contributed by atoms with Gasteiger partial charge in [0.25, 0.3) is 0 Å². The van der Waals surface area contributed by atoms with Gasteiger partial charge in [-0.2, -0.15) is 0 Å². The zero-order chi connectivity index (χ0) is 41.5. The maximum atomic E-state index is 12.7. The van der Waals surface area contributed by atoms with E-state index in [2.05, 4.69) is 69.4 Å². The molecule has 0 aromatic heterocycles. The molecule has 6 nitrogen and oxygen atoms in total. The molecular weight excluding hydrogens is 709 g/mol. The number of hydrogen-bond donors (Lipinski definition) is 0. The lowest BCUT2D eigenvalue weighted by Crippen LogP contribution is -2.30. The Balaban J connectivity index is 4.42. The summed E-state index contributed by atoms with van der Waals surface area (Å²) in [6.07, 6.45) is 53.7. The van der Waals surface area contributed by atoms with Gasteiger partial charge < -0.3 is 14.2 Å². The van der Waals surface area contributed by atoms with Crippen LogP contribution < -0.4 is 0 Å². The van der Waals surface area contributed by atoms with Crippen LogP contribution in [0.3, 0.4) is 0 Å². The zero-order valence-electron chi connectivity index (χ0n) is 37.6. The van der Waals surface area contributed by atoms with Gasteiger partial charge in [-0.25, -0.2) is 0 Å². The monoisotopic (exact) mass is 799 g/mol. The largest absolute Gasteiger partial charge is 0.462 e. The Morgan fingerprint density at radius 3 is 1.05 bits per heavy atom. The van der Waals surface area contributed by atoms with Gasteiger partial charge in [-0.3, -0.25) is 14.4 Å². The molecule has 0 saturated carbocycles. The van der Waals surface area contributed by atoms with E-state index in [0.717, 1.165) is 103 Å². The summed E-state index contributed by atoms with van der Waals surface area (Å²) in [4.78, 5) is 37.8. The number of esters is 3. The summed E-state index contributed by atoms with van der Waals surface area (Å²) in [6, 6.07) is 0. The third-order valence-corrected chi connectivity index (χ3v) is 10.3. The van der Waals surface area contributed by atoms with Crippen LogP contribution in [0.4, 0.5) is 0 Å². The van der Waals surface area contributed by atoms with E-state index in [1.165, 1.54) is 96.3 Å². The molecule has 0 N–H and O–H groups in total. The van der Waals surface area contributed by atoms with E-state index in [0.29, 0.717) is 19.3 Å². The van der Waals surface area contributed by atoms with Gasteiger partial charge >= 0.3 is 17.9 Å². The molecule has 0 aliphatic heterocycles. The fraction of sp³-hybridized carbons (Fsp3) is 0.784. The van der Waals surface area contributed by atoms with Crippen LogP contribution in [0.2, 0.25) is 0 Å². The molecule has 0 aliphatic carbocycles. The second kappa shape index (κ2) is 46.1. The maximum absolute atomic E-state index is 12.7. The number of rotatable bonds is 43. The van der Waals surface area contributed by atoms with Crippen molar-refractivity contribution in [1.82, 2.24) is 0 Å². The average Bonchev–Trinajstić information content (AvgIpc) is 3.21. The summed E-state index contributed by atoms with van der Waals surface area (Å²) < 4.78 is 16.7. The smallest absolute Gasteiger partial charge is 0.306 e. The first kappa shape index (κ1) is 54.4. The Morgan fingerprint density at radius 2 is 0.667 bits per heavy atom. The van der Waals surface area contributed by atoms with Crippen LogP contribution >= 0.6 is 0 Å². The lowest BCUT2D eigenvalue weighted by molar-refractivity contribution is -0.167. The molecule has 0 amide bonds. The van der Waals surface area contributed by atoms with Crippen molar-refractivity contribution < 1.29 is 28.6 Å². The van der Waals surface area contributed by atoms with Crippen molar-refractivity contribution >= 4 is 17.9 Å². The van der Waals surface area contributed by atoms with Crippen molar-refractivity contribution in [3.63, 3.8) is 0 Å². The van der Waals surface area contributed by atoms with E-state index < -0.39 is 6.10 Å². The summed E-state index contributed by atoms with van der Waals surface area (Å²) in [5, 5.41) is 0. The number of carbonyl (C=O) groups excluding carboxylic acids is 3. The fourth-order valence-corrected chi connectivity index (χ4v) is 6.59. The highest BCUT2D eigenvalue weighted by Gasteiger charge is 2.19. The average molecular weight is 799 g/mol. The Labute approximate surface area is 352 Å². The SMILES string of the molecule is CCC/C=C\C/C=C\CCCCCCCC(=O)OCC(COC(=O)CCCCCCC/C=C\CCCCCC)OC(=O)CCCCCCC/C=C\CCCCCC. The van der Waals surface area contributed by atoms with Crippen LogP contribution in [0.5, 0.6) is 0 Å². The summed E-state index contributed by atoms with van der Waals surface area (Å²) in [5.41, 5.74) is 0. The number of allylic oxidation sites excluding steroid dienone is 8. The number of ether oxygens (including phenoxy) is 3. The Morgan fingerprint density at radius 1 is 0.351 bits per heavy atom. The molecule has 6 heteroatoms. The number of unbranched alkanes of at least 4 members (excludes halogenated alkanes) is 24. The Hall–Kier alpha value is -2.63. The van der Waals surface area contributed by atoms with Gasteiger partial charge in [-0.15, -0.1) is 0 Å². The number of carbonyl (C=O) groups is 3. The van der Waals surface area contributed by atoms with Crippen molar-refractivity contribution in [3.8, 4) is 0 Å². The van der Waals surface area contributed by atoms with E-state index >= 15 is 0 Å². The van der Waals surface area contributed by atoms with Gasteiger partial charge in [-0.1, -0.05) is 172 Å². The van der Waals surface area contributed by atoms with E-state index in [4.69, 9.17) is 14.2 Å². The molecule has 0 saturated heterocycles. The van der Waals surface area contributed by atoms with Gasteiger partial charge in [0.15, 0.2) is 6.10 Å². The summed E-state index contributed by atoms with van der Waals surface area (Å²) >= 11 is 0. The second-order valence-corrected chi connectivity index (χ2v) is 16.0. The van der Waals surface area contributed by atoms with Crippen molar-refractivity contribution in [1.29, 1.82) is 0 Å². The van der Waals surface area contributed by atoms with Crippen LogP contribution in [0, 0.1) is 0 Å². The predicted molar refractivity (Wildman–Crippen MR) is 242 cm³/mol. The minimum absolute atomic E-state index is 0.0851. The van der Waals surface area contributed by atoms with E-state index in [1.807, 2.05) is 0 Å². The predicted octanol–water partition coefficient (Wildman–Crippen LogP) is 15.5. The van der Waals surface area contributed by atoms with Gasteiger partial charge in [-0.05, 0) is 96.3 Å². The first-order chi connectivity index (χ1) is 28.0. The van der Waals surface area contributed by atoms with Crippen LogP contribution in [-0.4, -0.2) is 37.2 Å². The first-order valence-corrected chi connectivity index (χ1v) is 24.1. The van der Waals surface area contributed by atoms with Crippen LogP contribution in [0.15, 0.2) is 48.6 Å².